The summed E-state index contributed by atoms with van der Waals surface area (Å²) in [6, 6.07) is 21.3. The Morgan fingerprint density at radius 3 is 2.38 bits per heavy atom. The third kappa shape index (κ3) is 3.71. The molecule has 2 N–H and O–H groups in total. The number of hydrogen-bond donors (Lipinski definition) is 1. The highest BCUT2D eigenvalue weighted by Crippen LogP contribution is 2.32. The van der Waals surface area contributed by atoms with Crippen molar-refractivity contribution in [2.45, 2.75) is 19.0 Å². The number of nitrogens with zero attached hydrogens (tertiary/aromatic N) is 3. The monoisotopic (exact) mass is 346 g/mol. The maximum absolute atomic E-state index is 6.08. The maximum Gasteiger partial charge on any atom is 0.123 e. The lowest BCUT2D eigenvalue weighted by molar-refractivity contribution is 0.304. The van der Waals surface area contributed by atoms with E-state index in [1.807, 2.05) is 6.20 Å². The molecule has 1 aromatic heterocycles. The molecule has 4 nitrogen and oxygen atoms in total. The molecule has 0 unspecified atom stereocenters. The Labute approximate surface area is 155 Å². The quantitative estimate of drug-likeness (QED) is 0.746. The molecule has 1 saturated heterocycles. The van der Waals surface area contributed by atoms with Gasteiger partial charge in [-0.05, 0) is 23.6 Å². The fraction of sp³-hybridized carbons (Fsp3) is 0.318. The topological polar surface area (TPSA) is 47.1 Å². The highest BCUT2D eigenvalue weighted by Gasteiger charge is 2.33. The Morgan fingerprint density at radius 1 is 0.923 bits per heavy atom. The third-order valence-electron chi connectivity index (χ3n) is 5.41. The first-order chi connectivity index (χ1) is 12.8. The van der Waals surface area contributed by atoms with E-state index in [-0.39, 0.29) is 0 Å². The molecule has 0 radical (unpaired) electrons. The van der Waals surface area contributed by atoms with Crippen molar-refractivity contribution in [3.8, 4) is 0 Å². The molecule has 1 aliphatic heterocycles. The second-order valence-corrected chi connectivity index (χ2v) is 7.16. The van der Waals surface area contributed by atoms with Crippen molar-refractivity contribution >= 4 is 0 Å². The number of nitrogens with two attached hydrogens (primary N) is 1. The van der Waals surface area contributed by atoms with Gasteiger partial charge in [-0.2, -0.15) is 0 Å². The average molecular weight is 346 g/mol. The molecular weight excluding hydrogens is 320 g/mol. The third-order valence-corrected chi connectivity index (χ3v) is 5.41. The van der Waals surface area contributed by atoms with E-state index in [4.69, 9.17) is 5.73 Å². The zero-order chi connectivity index (χ0) is 17.8. The van der Waals surface area contributed by atoms with E-state index in [0.29, 0.717) is 11.8 Å². The normalized spacial score (nSPS) is 20.5. The highest BCUT2D eigenvalue weighted by atomic mass is 15.2. The highest BCUT2D eigenvalue weighted by molar-refractivity contribution is 5.23. The van der Waals surface area contributed by atoms with Gasteiger partial charge in [0.05, 0.1) is 6.54 Å². The minimum atomic E-state index is 0.509. The van der Waals surface area contributed by atoms with E-state index >= 15 is 0 Å². The van der Waals surface area contributed by atoms with Crippen LogP contribution in [0.2, 0.25) is 0 Å². The average Bonchev–Trinajstić information content (AvgIpc) is 3.30. The number of likely N-dealkylation sites (tertiary alicyclic amines) is 1. The molecule has 0 bridgehead atoms. The summed E-state index contributed by atoms with van der Waals surface area (Å²) in [5, 5.41) is 0. The molecule has 2 aromatic carbocycles. The Morgan fingerprint density at radius 2 is 1.65 bits per heavy atom. The summed E-state index contributed by atoms with van der Waals surface area (Å²) < 4.78 is 2.25. The number of hydrogen-bond acceptors (Lipinski definition) is 3. The van der Waals surface area contributed by atoms with Gasteiger partial charge in [0.2, 0.25) is 0 Å². The van der Waals surface area contributed by atoms with Gasteiger partial charge in [-0.1, -0.05) is 60.7 Å². The van der Waals surface area contributed by atoms with E-state index in [0.717, 1.165) is 38.5 Å². The molecule has 0 saturated carbocycles. The van der Waals surface area contributed by atoms with Gasteiger partial charge in [0.25, 0.3) is 0 Å². The lowest BCUT2D eigenvalue weighted by atomic mass is 9.89. The van der Waals surface area contributed by atoms with Gasteiger partial charge in [-0.15, -0.1) is 0 Å². The molecule has 4 heteroatoms. The molecule has 1 aliphatic rings. The summed E-state index contributed by atoms with van der Waals surface area (Å²) in [4.78, 5) is 7.11. The molecular formula is C22H26N4. The number of rotatable bonds is 6. The summed E-state index contributed by atoms with van der Waals surface area (Å²) >= 11 is 0. The van der Waals surface area contributed by atoms with Gasteiger partial charge in [-0.3, -0.25) is 4.90 Å². The van der Waals surface area contributed by atoms with Crippen molar-refractivity contribution in [2.75, 3.05) is 19.6 Å². The van der Waals surface area contributed by atoms with Gasteiger partial charge in [0, 0.05) is 37.9 Å². The van der Waals surface area contributed by atoms with Crippen molar-refractivity contribution in [1.29, 1.82) is 0 Å². The van der Waals surface area contributed by atoms with Crippen LogP contribution in [0.5, 0.6) is 0 Å². The number of aromatic nitrogens is 2. The van der Waals surface area contributed by atoms with Gasteiger partial charge >= 0.3 is 0 Å². The van der Waals surface area contributed by atoms with Crippen LogP contribution >= 0.6 is 0 Å². The fourth-order valence-electron chi connectivity index (χ4n) is 4.02. The van der Waals surface area contributed by atoms with E-state index in [2.05, 4.69) is 81.3 Å². The van der Waals surface area contributed by atoms with Crippen LogP contribution < -0.4 is 5.73 Å². The van der Waals surface area contributed by atoms with Crippen LogP contribution in [0.4, 0.5) is 0 Å². The zero-order valence-electron chi connectivity index (χ0n) is 15.0. The van der Waals surface area contributed by atoms with Crippen molar-refractivity contribution in [2.24, 2.45) is 11.7 Å². The minimum absolute atomic E-state index is 0.509. The Hall–Kier alpha value is -2.43. The van der Waals surface area contributed by atoms with Crippen LogP contribution in [0, 0.1) is 5.92 Å². The van der Waals surface area contributed by atoms with Crippen molar-refractivity contribution in [1.82, 2.24) is 14.5 Å². The van der Waals surface area contributed by atoms with Crippen LogP contribution in [0.1, 0.15) is 22.9 Å². The molecule has 4 rings (SSSR count). The zero-order valence-corrected chi connectivity index (χ0v) is 15.0. The van der Waals surface area contributed by atoms with Crippen LogP contribution in [-0.2, 0) is 13.1 Å². The van der Waals surface area contributed by atoms with Crippen LogP contribution in [0.25, 0.3) is 0 Å². The predicted octanol–water partition coefficient (Wildman–Crippen LogP) is 3.11. The molecule has 0 spiro atoms. The molecule has 1 fully saturated rings. The van der Waals surface area contributed by atoms with E-state index < -0.39 is 0 Å². The van der Waals surface area contributed by atoms with Crippen LogP contribution in [0.3, 0.4) is 0 Å². The van der Waals surface area contributed by atoms with Gasteiger partial charge in [-0.25, -0.2) is 4.98 Å². The Bertz CT molecular complexity index is 812. The Kier molecular flexibility index (Phi) is 5.14. The summed E-state index contributed by atoms with van der Waals surface area (Å²) in [5.74, 6) is 2.15. The number of imidazole rings is 1. The molecule has 26 heavy (non-hydrogen) atoms. The van der Waals surface area contributed by atoms with Crippen LogP contribution in [0.15, 0.2) is 73.1 Å². The first-order valence-corrected chi connectivity index (χ1v) is 9.35. The van der Waals surface area contributed by atoms with Gasteiger partial charge in [0.1, 0.15) is 5.82 Å². The maximum atomic E-state index is 6.08. The van der Waals surface area contributed by atoms with Crippen molar-refractivity contribution < 1.29 is 0 Å². The van der Waals surface area contributed by atoms with Crippen molar-refractivity contribution in [3.05, 3.63) is 90.0 Å². The van der Waals surface area contributed by atoms with Gasteiger partial charge < -0.3 is 10.3 Å². The molecule has 0 amide bonds. The number of benzene rings is 2. The van der Waals surface area contributed by atoms with Crippen molar-refractivity contribution in [3.63, 3.8) is 0 Å². The smallest absolute Gasteiger partial charge is 0.123 e. The molecule has 2 heterocycles. The summed E-state index contributed by atoms with van der Waals surface area (Å²) in [6.45, 7) is 4.55. The summed E-state index contributed by atoms with van der Waals surface area (Å²) in [5.41, 5.74) is 8.78. The second-order valence-electron chi connectivity index (χ2n) is 7.16. The minimum Gasteiger partial charge on any atom is -0.330 e. The van der Waals surface area contributed by atoms with Crippen LogP contribution in [-0.4, -0.2) is 34.1 Å². The fourth-order valence-corrected chi connectivity index (χ4v) is 4.02. The van der Waals surface area contributed by atoms with E-state index in [9.17, 15) is 0 Å². The molecule has 134 valence electrons. The Balaban J connectivity index is 1.46. The first-order valence-electron chi connectivity index (χ1n) is 9.35. The molecule has 0 aliphatic carbocycles. The lowest BCUT2D eigenvalue weighted by Gasteiger charge is -2.17. The van der Waals surface area contributed by atoms with E-state index in [1.54, 1.807) is 0 Å². The first kappa shape index (κ1) is 17.0. The summed E-state index contributed by atoms with van der Waals surface area (Å²) in [6.07, 6.45) is 3.98. The van der Waals surface area contributed by atoms with Gasteiger partial charge in [0.15, 0.2) is 0 Å². The lowest BCUT2D eigenvalue weighted by Crippen LogP contribution is -2.24. The second kappa shape index (κ2) is 7.85. The summed E-state index contributed by atoms with van der Waals surface area (Å²) in [7, 11) is 0. The van der Waals surface area contributed by atoms with E-state index in [1.165, 1.54) is 11.1 Å². The molecule has 2 atom stereocenters. The molecule has 3 aromatic rings. The SMILES string of the molecule is NC[C@@H]1CN(Cc2nccn2Cc2ccccc2)C[C@H]1c1ccccc1. The predicted molar refractivity (Wildman–Crippen MR) is 105 cm³/mol. The standard InChI is InChI=1S/C22H26N4/c23-13-20-15-25(16-21(20)19-9-5-2-6-10-19)17-22-24-11-12-26(22)14-18-7-3-1-4-8-18/h1-12,20-21H,13-17,23H2/t20-,21+/m1/s1. The largest absolute Gasteiger partial charge is 0.330 e.